The highest BCUT2D eigenvalue weighted by Crippen LogP contribution is 2.33. The molecule has 2 fully saturated rings. The molecule has 1 aliphatic heterocycles. The minimum Gasteiger partial charge on any atom is -0.313 e. The molecule has 0 aromatic heterocycles. The first-order chi connectivity index (χ1) is 7.79. The molecule has 2 heteroatoms. The number of likely N-dealkylation sites (N-methyl/N-ethyl adjacent to an activating group) is 1. The van der Waals surface area contributed by atoms with Crippen molar-refractivity contribution in [2.75, 3.05) is 26.2 Å². The van der Waals surface area contributed by atoms with E-state index in [0.717, 1.165) is 24.4 Å². The molecule has 16 heavy (non-hydrogen) atoms. The fraction of sp³-hybridized carbons (Fsp3) is 1.00. The van der Waals surface area contributed by atoms with E-state index in [2.05, 4.69) is 24.1 Å². The van der Waals surface area contributed by atoms with Crippen LogP contribution >= 0.6 is 0 Å². The molecule has 0 spiro atoms. The lowest BCUT2D eigenvalue weighted by Gasteiger charge is -2.26. The number of nitrogens with zero attached hydrogens (tertiary/aromatic N) is 1. The second-order valence-electron chi connectivity index (χ2n) is 5.84. The predicted octanol–water partition coefficient (Wildman–Crippen LogP) is 2.50. The molecular weight excluding hydrogens is 196 g/mol. The summed E-state index contributed by atoms with van der Waals surface area (Å²) in [4.78, 5) is 2.70. The van der Waals surface area contributed by atoms with E-state index in [1.807, 2.05) is 0 Å². The van der Waals surface area contributed by atoms with Gasteiger partial charge in [0.1, 0.15) is 0 Å². The normalized spacial score (nSPS) is 30.0. The fourth-order valence-electron chi connectivity index (χ4n) is 2.92. The maximum atomic E-state index is 3.68. The molecular formula is C14H28N2. The molecule has 0 bridgehead atoms. The molecule has 2 atom stereocenters. The van der Waals surface area contributed by atoms with Crippen molar-refractivity contribution in [3.63, 3.8) is 0 Å². The van der Waals surface area contributed by atoms with Gasteiger partial charge in [-0.3, -0.25) is 0 Å². The molecule has 1 heterocycles. The van der Waals surface area contributed by atoms with E-state index < -0.39 is 0 Å². The Morgan fingerprint density at radius 1 is 1.19 bits per heavy atom. The zero-order valence-corrected chi connectivity index (χ0v) is 11.0. The molecule has 94 valence electrons. The third-order valence-electron chi connectivity index (χ3n) is 4.22. The summed E-state index contributed by atoms with van der Waals surface area (Å²) in [5.41, 5.74) is 0. The van der Waals surface area contributed by atoms with Gasteiger partial charge in [-0.2, -0.15) is 0 Å². The minimum absolute atomic E-state index is 0.776. The first-order valence-electron chi connectivity index (χ1n) is 7.25. The molecule has 1 saturated heterocycles. The average Bonchev–Trinajstić information content (AvgIpc) is 3.06. The Morgan fingerprint density at radius 3 is 2.69 bits per heavy atom. The van der Waals surface area contributed by atoms with Crippen LogP contribution in [0.15, 0.2) is 0 Å². The van der Waals surface area contributed by atoms with Crippen molar-refractivity contribution in [2.45, 2.75) is 52.0 Å². The van der Waals surface area contributed by atoms with Crippen LogP contribution in [-0.2, 0) is 0 Å². The first-order valence-corrected chi connectivity index (χ1v) is 7.25. The largest absolute Gasteiger partial charge is 0.313 e. The summed E-state index contributed by atoms with van der Waals surface area (Å²) in [5.74, 6) is 1.93. The molecule has 2 unspecified atom stereocenters. The van der Waals surface area contributed by atoms with Crippen LogP contribution in [0, 0.1) is 11.8 Å². The van der Waals surface area contributed by atoms with E-state index in [1.54, 1.807) is 0 Å². The smallest absolute Gasteiger partial charge is 0.0223 e. The lowest BCUT2D eigenvalue weighted by Crippen LogP contribution is -2.42. The van der Waals surface area contributed by atoms with Gasteiger partial charge in [0.15, 0.2) is 0 Å². The van der Waals surface area contributed by atoms with Crippen molar-refractivity contribution >= 4 is 0 Å². The van der Waals surface area contributed by atoms with Gasteiger partial charge in [-0.1, -0.05) is 13.8 Å². The lowest BCUT2D eigenvalue weighted by atomic mass is 10.0. The SMILES string of the molecule is CCNC(CN1CCCC(C)CC1)C1CC1. The summed E-state index contributed by atoms with van der Waals surface area (Å²) in [6.45, 7) is 9.73. The van der Waals surface area contributed by atoms with E-state index in [-0.39, 0.29) is 0 Å². The van der Waals surface area contributed by atoms with Crippen molar-refractivity contribution < 1.29 is 0 Å². The van der Waals surface area contributed by atoms with Gasteiger partial charge >= 0.3 is 0 Å². The average molecular weight is 224 g/mol. The number of rotatable bonds is 5. The molecule has 2 nitrogen and oxygen atoms in total. The lowest BCUT2D eigenvalue weighted by molar-refractivity contribution is 0.238. The summed E-state index contributed by atoms with van der Waals surface area (Å²) in [6, 6.07) is 0.776. The van der Waals surface area contributed by atoms with Crippen LogP contribution in [-0.4, -0.2) is 37.1 Å². The maximum absolute atomic E-state index is 3.68. The first kappa shape index (κ1) is 12.4. The molecule has 1 aliphatic carbocycles. The Morgan fingerprint density at radius 2 is 2.00 bits per heavy atom. The van der Waals surface area contributed by atoms with E-state index in [0.29, 0.717) is 0 Å². The zero-order chi connectivity index (χ0) is 11.4. The van der Waals surface area contributed by atoms with Crippen LogP contribution in [0.25, 0.3) is 0 Å². The van der Waals surface area contributed by atoms with Crippen molar-refractivity contribution in [3.8, 4) is 0 Å². The van der Waals surface area contributed by atoms with Crippen molar-refractivity contribution in [2.24, 2.45) is 11.8 Å². The highest BCUT2D eigenvalue weighted by Gasteiger charge is 2.31. The van der Waals surface area contributed by atoms with Crippen LogP contribution in [0.3, 0.4) is 0 Å². The van der Waals surface area contributed by atoms with Crippen LogP contribution in [0.2, 0.25) is 0 Å². The second kappa shape index (κ2) is 6.02. The van der Waals surface area contributed by atoms with Gasteiger partial charge in [0.2, 0.25) is 0 Å². The van der Waals surface area contributed by atoms with E-state index in [4.69, 9.17) is 0 Å². The van der Waals surface area contributed by atoms with Crippen molar-refractivity contribution in [1.82, 2.24) is 10.2 Å². The van der Waals surface area contributed by atoms with Gasteiger partial charge in [-0.05, 0) is 63.6 Å². The Labute approximate surface area is 101 Å². The Bertz CT molecular complexity index is 201. The molecule has 1 saturated carbocycles. The van der Waals surface area contributed by atoms with Gasteiger partial charge in [0.05, 0.1) is 0 Å². The number of hydrogen-bond acceptors (Lipinski definition) is 2. The summed E-state index contributed by atoms with van der Waals surface area (Å²) in [6.07, 6.45) is 7.17. The number of hydrogen-bond donors (Lipinski definition) is 1. The molecule has 0 aromatic carbocycles. The molecule has 0 radical (unpaired) electrons. The second-order valence-corrected chi connectivity index (χ2v) is 5.84. The quantitative estimate of drug-likeness (QED) is 0.772. The molecule has 0 aromatic rings. The third kappa shape index (κ3) is 3.74. The van der Waals surface area contributed by atoms with E-state index >= 15 is 0 Å². The van der Waals surface area contributed by atoms with Crippen molar-refractivity contribution in [1.29, 1.82) is 0 Å². The summed E-state index contributed by atoms with van der Waals surface area (Å²) in [7, 11) is 0. The topological polar surface area (TPSA) is 15.3 Å². The molecule has 1 N–H and O–H groups in total. The molecule has 2 aliphatic rings. The van der Waals surface area contributed by atoms with Gasteiger partial charge < -0.3 is 10.2 Å². The standard InChI is InChI=1S/C14H28N2/c1-3-15-14(13-6-7-13)11-16-9-4-5-12(2)8-10-16/h12-15H,3-11H2,1-2H3. The van der Waals surface area contributed by atoms with Gasteiger partial charge in [-0.15, -0.1) is 0 Å². The van der Waals surface area contributed by atoms with Gasteiger partial charge in [0.25, 0.3) is 0 Å². The molecule has 0 amide bonds. The zero-order valence-electron chi connectivity index (χ0n) is 11.0. The summed E-state index contributed by atoms with van der Waals surface area (Å²) in [5, 5.41) is 3.68. The van der Waals surface area contributed by atoms with E-state index in [9.17, 15) is 0 Å². The monoisotopic (exact) mass is 224 g/mol. The Hall–Kier alpha value is -0.0800. The van der Waals surface area contributed by atoms with Crippen molar-refractivity contribution in [3.05, 3.63) is 0 Å². The Balaban J connectivity index is 1.77. The van der Waals surface area contributed by atoms with Crippen LogP contribution < -0.4 is 5.32 Å². The molecule has 2 rings (SSSR count). The predicted molar refractivity (Wildman–Crippen MR) is 69.6 cm³/mol. The highest BCUT2D eigenvalue weighted by atomic mass is 15.2. The van der Waals surface area contributed by atoms with Crippen LogP contribution in [0.5, 0.6) is 0 Å². The fourth-order valence-corrected chi connectivity index (χ4v) is 2.92. The minimum atomic E-state index is 0.776. The maximum Gasteiger partial charge on any atom is 0.0223 e. The van der Waals surface area contributed by atoms with Gasteiger partial charge in [0, 0.05) is 12.6 Å². The highest BCUT2D eigenvalue weighted by molar-refractivity contribution is 4.88. The van der Waals surface area contributed by atoms with Crippen LogP contribution in [0.4, 0.5) is 0 Å². The number of likely N-dealkylation sites (tertiary alicyclic amines) is 1. The number of nitrogens with one attached hydrogen (secondary N) is 1. The van der Waals surface area contributed by atoms with Crippen LogP contribution in [0.1, 0.15) is 46.0 Å². The van der Waals surface area contributed by atoms with E-state index in [1.165, 1.54) is 51.7 Å². The summed E-state index contributed by atoms with van der Waals surface area (Å²) >= 11 is 0. The Kier molecular flexibility index (Phi) is 4.66. The summed E-state index contributed by atoms with van der Waals surface area (Å²) < 4.78 is 0. The third-order valence-corrected chi connectivity index (χ3v) is 4.22. The van der Waals surface area contributed by atoms with Gasteiger partial charge in [-0.25, -0.2) is 0 Å².